The average molecular weight is 271 g/mol. The summed E-state index contributed by atoms with van der Waals surface area (Å²) in [5.74, 6) is 0. The summed E-state index contributed by atoms with van der Waals surface area (Å²) >= 11 is 0. The van der Waals surface area contributed by atoms with Crippen molar-refractivity contribution in [3.63, 3.8) is 0 Å². The molecule has 2 aromatic rings. The van der Waals surface area contributed by atoms with Crippen LogP contribution in [-0.4, -0.2) is 16.3 Å². The van der Waals surface area contributed by atoms with Gasteiger partial charge in [-0.1, -0.05) is 37.3 Å². The lowest BCUT2D eigenvalue weighted by molar-refractivity contribution is 0.620. The van der Waals surface area contributed by atoms with Crippen LogP contribution in [0.5, 0.6) is 0 Å². The molecule has 0 aliphatic heterocycles. The Morgan fingerprint density at radius 3 is 2.70 bits per heavy atom. The van der Waals surface area contributed by atoms with Gasteiger partial charge in [0.25, 0.3) is 0 Å². The molecule has 2 rings (SSSR count). The maximum atomic E-state index is 4.46. The van der Waals surface area contributed by atoms with E-state index in [1.165, 1.54) is 36.1 Å². The Morgan fingerprint density at radius 2 is 1.95 bits per heavy atom. The van der Waals surface area contributed by atoms with E-state index in [2.05, 4.69) is 53.9 Å². The first-order chi connectivity index (χ1) is 9.79. The number of unbranched alkanes of at least 4 members (excludes halogenated alkanes) is 1. The third-order valence-corrected chi connectivity index (χ3v) is 3.55. The zero-order valence-electron chi connectivity index (χ0n) is 12.6. The summed E-state index contributed by atoms with van der Waals surface area (Å²) in [7, 11) is 1.99. The molecule has 1 heterocycles. The quantitative estimate of drug-likeness (QED) is 0.748. The van der Waals surface area contributed by atoms with E-state index in [0.29, 0.717) is 0 Å². The fraction of sp³-hybridized carbons (Fsp3) is 0.471. The van der Waals surface area contributed by atoms with Crippen molar-refractivity contribution in [3.8, 4) is 0 Å². The molecule has 0 saturated heterocycles. The second-order valence-electron chi connectivity index (χ2n) is 5.25. The maximum Gasteiger partial charge on any atom is 0.0666 e. The Morgan fingerprint density at radius 1 is 1.15 bits per heavy atom. The first-order valence-electron chi connectivity index (χ1n) is 7.55. The van der Waals surface area contributed by atoms with Crippen molar-refractivity contribution in [3.05, 3.63) is 53.3 Å². The van der Waals surface area contributed by atoms with Crippen molar-refractivity contribution in [1.82, 2.24) is 15.1 Å². The number of hydrogen-bond acceptors (Lipinski definition) is 2. The van der Waals surface area contributed by atoms with E-state index in [0.717, 1.165) is 19.5 Å². The molecule has 0 aliphatic rings. The average Bonchev–Trinajstić information content (AvgIpc) is 2.84. The SMILES string of the molecule is CCc1nn(C)cc1CNCCCCc1ccccc1. The standard InChI is InChI=1S/C17H25N3/c1-3-17-16(14-20(2)19-17)13-18-12-8-7-11-15-9-5-4-6-10-15/h4-6,9-10,14,18H,3,7-8,11-13H2,1-2H3. The summed E-state index contributed by atoms with van der Waals surface area (Å²) in [6.45, 7) is 4.17. The van der Waals surface area contributed by atoms with E-state index in [-0.39, 0.29) is 0 Å². The van der Waals surface area contributed by atoms with Gasteiger partial charge in [0.1, 0.15) is 0 Å². The molecule has 1 N–H and O–H groups in total. The summed E-state index contributed by atoms with van der Waals surface area (Å²) in [6.07, 6.45) is 6.76. The summed E-state index contributed by atoms with van der Waals surface area (Å²) < 4.78 is 1.91. The first-order valence-corrected chi connectivity index (χ1v) is 7.55. The van der Waals surface area contributed by atoms with Crippen LogP contribution in [0, 0.1) is 0 Å². The molecule has 3 nitrogen and oxygen atoms in total. The third-order valence-electron chi connectivity index (χ3n) is 3.55. The van der Waals surface area contributed by atoms with E-state index >= 15 is 0 Å². The monoisotopic (exact) mass is 271 g/mol. The second kappa shape index (κ2) is 7.85. The number of nitrogens with one attached hydrogen (secondary N) is 1. The van der Waals surface area contributed by atoms with Crippen LogP contribution in [0.1, 0.15) is 36.6 Å². The van der Waals surface area contributed by atoms with Gasteiger partial charge in [-0.3, -0.25) is 4.68 Å². The van der Waals surface area contributed by atoms with Crippen molar-refractivity contribution < 1.29 is 0 Å². The molecule has 3 heteroatoms. The summed E-state index contributed by atoms with van der Waals surface area (Å²) in [4.78, 5) is 0. The molecule has 1 aromatic heterocycles. The largest absolute Gasteiger partial charge is 0.313 e. The van der Waals surface area contributed by atoms with Gasteiger partial charge in [0.05, 0.1) is 5.69 Å². The van der Waals surface area contributed by atoms with Crippen LogP contribution in [0.4, 0.5) is 0 Å². The number of rotatable bonds is 8. The zero-order valence-corrected chi connectivity index (χ0v) is 12.6. The summed E-state index contributed by atoms with van der Waals surface area (Å²) in [5, 5.41) is 7.98. The third kappa shape index (κ3) is 4.49. The lowest BCUT2D eigenvalue weighted by Crippen LogP contribution is -2.15. The van der Waals surface area contributed by atoms with E-state index in [4.69, 9.17) is 0 Å². The van der Waals surface area contributed by atoms with Crippen LogP contribution in [0.2, 0.25) is 0 Å². The Kier molecular flexibility index (Phi) is 5.81. The van der Waals surface area contributed by atoms with E-state index in [1.807, 2.05) is 11.7 Å². The van der Waals surface area contributed by atoms with Gasteiger partial charge in [-0.05, 0) is 37.8 Å². The normalized spacial score (nSPS) is 10.9. The van der Waals surface area contributed by atoms with Crippen LogP contribution in [-0.2, 0) is 26.4 Å². The lowest BCUT2D eigenvalue weighted by atomic mass is 10.1. The van der Waals surface area contributed by atoms with Crippen molar-refractivity contribution >= 4 is 0 Å². The van der Waals surface area contributed by atoms with Crippen molar-refractivity contribution in [2.45, 2.75) is 39.2 Å². The molecule has 0 atom stereocenters. The molecule has 108 valence electrons. The van der Waals surface area contributed by atoms with Gasteiger partial charge >= 0.3 is 0 Å². The van der Waals surface area contributed by atoms with Gasteiger partial charge in [-0.2, -0.15) is 5.10 Å². The van der Waals surface area contributed by atoms with Crippen LogP contribution < -0.4 is 5.32 Å². The molecular formula is C17H25N3. The molecule has 0 fully saturated rings. The van der Waals surface area contributed by atoms with Crippen LogP contribution >= 0.6 is 0 Å². The molecule has 0 saturated carbocycles. The van der Waals surface area contributed by atoms with E-state index in [1.54, 1.807) is 0 Å². The summed E-state index contributed by atoms with van der Waals surface area (Å²) in [5.41, 5.74) is 3.98. The highest BCUT2D eigenvalue weighted by atomic mass is 15.3. The van der Waals surface area contributed by atoms with Crippen LogP contribution in [0.3, 0.4) is 0 Å². The van der Waals surface area contributed by atoms with Crippen LogP contribution in [0.15, 0.2) is 36.5 Å². The molecule has 0 unspecified atom stereocenters. The molecular weight excluding hydrogens is 246 g/mol. The van der Waals surface area contributed by atoms with Gasteiger partial charge in [0.15, 0.2) is 0 Å². The van der Waals surface area contributed by atoms with Gasteiger partial charge in [0.2, 0.25) is 0 Å². The number of hydrogen-bond donors (Lipinski definition) is 1. The molecule has 0 spiro atoms. The topological polar surface area (TPSA) is 29.9 Å². The second-order valence-corrected chi connectivity index (χ2v) is 5.25. The zero-order chi connectivity index (χ0) is 14.2. The molecule has 0 bridgehead atoms. The highest BCUT2D eigenvalue weighted by Gasteiger charge is 2.04. The molecule has 0 amide bonds. The van der Waals surface area contributed by atoms with Gasteiger partial charge < -0.3 is 5.32 Å². The van der Waals surface area contributed by atoms with E-state index < -0.39 is 0 Å². The Hall–Kier alpha value is -1.61. The Labute approximate surface area is 122 Å². The molecule has 0 radical (unpaired) electrons. The Bertz CT molecular complexity index is 502. The van der Waals surface area contributed by atoms with Crippen LogP contribution in [0.25, 0.3) is 0 Å². The fourth-order valence-electron chi connectivity index (χ4n) is 2.48. The molecule has 0 aliphatic carbocycles. The maximum absolute atomic E-state index is 4.46. The minimum absolute atomic E-state index is 0.933. The first kappa shape index (κ1) is 14.8. The predicted octanol–water partition coefficient (Wildman–Crippen LogP) is 3.10. The number of benzene rings is 1. The number of nitrogens with zero attached hydrogens (tertiary/aromatic N) is 2. The number of aryl methyl sites for hydroxylation is 3. The highest BCUT2D eigenvalue weighted by Crippen LogP contribution is 2.07. The van der Waals surface area contributed by atoms with E-state index in [9.17, 15) is 0 Å². The van der Waals surface area contributed by atoms with Crippen molar-refractivity contribution in [2.75, 3.05) is 6.54 Å². The van der Waals surface area contributed by atoms with Gasteiger partial charge in [-0.15, -0.1) is 0 Å². The molecule has 20 heavy (non-hydrogen) atoms. The number of aromatic nitrogens is 2. The Balaban J connectivity index is 1.62. The lowest BCUT2D eigenvalue weighted by Gasteiger charge is -2.05. The predicted molar refractivity (Wildman–Crippen MR) is 83.7 cm³/mol. The fourth-order valence-corrected chi connectivity index (χ4v) is 2.48. The highest BCUT2D eigenvalue weighted by molar-refractivity contribution is 5.16. The van der Waals surface area contributed by atoms with Crippen molar-refractivity contribution in [2.24, 2.45) is 7.05 Å². The smallest absolute Gasteiger partial charge is 0.0666 e. The molecule has 1 aromatic carbocycles. The summed E-state index contributed by atoms with van der Waals surface area (Å²) in [6, 6.07) is 10.7. The van der Waals surface area contributed by atoms with Crippen molar-refractivity contribution in [1.29, 1.82) is 0 Å². The minimum atomic E-state index is 0.933. The minimum Gasteiger partial charge on any atom is -0.313 e. The van der Waals surface area contributed by atoms with Gasteiger partial charge in [0, 0.05) is 25.4 Å². The van der Waals surface area contributed by atoms with Gasteiger partial charge in [-0.25, -0.2) is 0 Å².